The van der Waals surface area contributed by atoms with Crippen LogP contribution >= 0.6 is 0 Å². The molecule has 1 aromatic rings. The van der Waals surface area contributed by atoms with Crippen LogP contribution in [-0.2, 0) is 19.4 Å². The minimum atomic E-state index is -3.42. The fourth-order valence-electron chi connectivity index (χ4n) is 3.29. The number of nitrogens with zero attached hydrogens (tertiary/aromatic N) is 3. The lowest BCUT2D eigenvalue weighted by molar-refractivity contribution is -0.130. The number of hydrogen-bond donors (Lipinski definition) is 0. The van der Waals surface area contributed by atoms with Gasteiger partial charge in [-0.25, -0.2) is 8.42 Å². The summed E-state index contributed by atoms with van der Waals surface area (Å²) in [6.07, 6.45) is 6.83. The zero-order valence-corrected chi connectivity index (χ0v) is 14.0. The van der Waals surface area contributed by atoms with Crippen molar-refractivity contribution >= 4 is 15.7 Å². The number of aromatic nitrogens is 2. The number of sulfone groups is 1. The smallest absolute Gasteiger partial charge is 0.237 e. The third-order valence-electron chi connectivity index (χ3n) is 4.46. The normalized spacial score (nSPS) is 25.7. The van der Waals surface area contributed by atoms with E-state index in [1.807, 2.05) is 16.9 Å². The summed E-state index contributed by atoms with van der Waals surface area (Å²) in [5, 5.41) is 4.22. The van der Waals surface area contributed by atoms with Crippen molar-refractivity contribution in [3.63, 3.8) is 0 Å². The molecule has 2 saturated heterocycles. The SMILES string of the molecule is O=C(CS(=O)(=O)C[C@H]1CCCO1)N1CCC[C@@H](n2cccn2)C1. The van der Waals surface area contributed by atoms with E-state index in [0.29, 0.717) is 19.7 Å². The van der Waals surface area contributed by atoms with Crippen molar-refractivity contribution in [2.75, 3.05) is 31.2 Å². The molecule has 2 atom stereocenters. The molecule has 0 bridgehead atoms. The van der Waals surface area contributed by atoms with Gasteiger partial charge in [0.15, 0.2) is 9.84 Å². The van der Waals surface area contributed by atoms with Crippen LogP contribution in [0.1, 0.15) is 31.7 Å². The number of hydrogen-bond acceptors (Lipinski definition) is 5. The summed E-state index contributed by atoms with van der Waals surface area (Å²) in [6.45, 7) is 1.76. The van der Waals surface area contributed by atoms with Crippen molar-refractivity contribution in [3.8, 4) is 0 Å². The van der Waals surface area contributed by atoms with E-state index in [0.717, 1.165) is 25.7 Å². The molecule has 3 rings (SSSR count). The monoisotopic (exact) mass is 341 g/mol. The molecule has 8 heteroatoms. The van der Waals surface area contributed by atoms with Crippen LogP contribution in [-0.4, -0.2) is 66.3 Å². The summed E-state index contributed by atoms with van der Waals surface area (Å²) in [7, 11) is -3.42. The Morgan fingerprint density at radius 2 is 2.17 bits per heavy atom. The molecule has 2 fully saturated rings. The van der Waals surface area contributed by atoms with Crippen LogP contribution in [0.15, 0.2) is 18.5 Å². The number of carbonyl (C=O) groups excluding carboxylic acids is 1. The molecule has 23 heavy (non-hydrogen) atoms. The van der Waals surface area contributed by atoms with E-state index in [2.05, 4.69) is 5.10 Å². The molecule has 0 aromatic carbocycles. The fourth-order valence-corrected chi connectivity index (χ4v) is 4.80. The Kier molecular flexibility index (Phi) is 5.01. The largest absolute Gasteiger partial charge is 0.377 e. The molecule has 0 radical (unpaired) electrons. The van der Waals surface area contributed by atoms with Gasteiger partial charge in [-0.1, -0.05) is 0 Å². The van der Waals surface area contributed by atoms with Crippen LogP contribution in [0.5, 0.6) is 0 Å². The van der Waals surface area contributed by atoms with Gasteiger partial charge >= 0.3 is 0 Å². The second kappa shape index (κ2) is 7.00. The molecule has 3 heterocycles. The molecule has 0 aliphatic carbocycles. The molecule has 2 aliphatic heterocycles. The van der Waals surface area contributed by atoms with Crippen LogP contribution in [0, 0.1) is 0 Å². The van der Waals surface area contributed by atoms with Crippen molar-refractivity contribution in [2.45, 2.75) is 37.8 Å². The topological polar surface area (TPSA) is 81.5 Å². The van der Waals surface area contributed by atoms with Crippen molar-refractivity contribution in [1.82, 2.24) is 14.7 Å². The Bertz CT molecular complexity index is 623. The maximum absolute atomic E-state index is 12.4. The first-order valence-electron chi connectivity index (χ1n) is 8.12. The van der Waals surface area contributed by atoms with E-state index in [-0.39, 0.29) is 23.8 Å². The lowest BCUT2D eigenvalue weighted by Crippen LogP contribution is -2.44. The number of piperidine rings is 1. The number of likely N-dealkylation sites (tertiary alicyclic amines) is 1. The lowest BCUT2D eigenvalue weighted by atomic mass is 10.1. The van der Waals surface area contributed by atoms with Crippen LogP contribution in [0.4, 0.5) is 0 Å². The van der Waals surface area contributed by atoms with Gasteiger partial charge in [-0.05, 0) is 31.7 Å². The third kappa shape index (κ3) is 4.32. The molecule has 0 saturated carbocycles. The molecular weight excluding hydrogens is 318 g/mol. The average molecular weight is 341 g/mol. The van der Waals surface area contributed by atoms with Crippen molar-refractivity contribution in [1.29, 1.82) is 0 Å². The standard InChI is InChI=1S/C15H23N3O4S/c19-15(12-23(20,21)11-14-5-2-9-22-14)17-7-1-4-13(10-17)18-8-3-6-16-18/h3,6,8,13-14H,1-2,4-5,7,9-12H2/t13-,14-/m1/s1. The van der Waals surface area contributed by atoms with E-state index in [9.17, 15) is 13.2 Å². The van der Waals surface area contributed by atoms with E-state index in [4.69, 9.17) is 4.74 Å². The lowest BCUT2D eigenvalue weighted by Gasteiger charge is -2.32. The molecular formula is C15H23N3O4S. The summed E-state index contributed by atoms with van der Waals surface area (Å²) >= 11 is 0. The predicted molar refractivity (Wildman–Crippen MR) is 84.7 cm³/mol. The summed E-state index contributed by atoms with van der Waals surface area (Å²) in [6, 6.07) is 1.98. The van der Waals surface area contributed by atoms with Crippen LogP contribution in [0.3, 0.4) is 0 Å². The minimum absolute atomic E-state index is 0.0465. The highest BCUT2D eigenvalue weighted by Crippen LogP contribution is 2.21. The minimum Gasteiger partial charge on any atom is -0.377 e. The highest BCUT2D eigenvalue weighted by atomic mass is 32.2. The first-order chi connectivity index (χ1) is 11.0. The Labute approximate surface area is 136 Å². The highest BCUT2D eigenvalue weighted by molar-refractivity contribution is 7.92. The molecule has 0 unspecified atom stereocenters. The Hall–Kier alpha value is -1.41. The maximum Gasteiger partial charge on any atom is 0.237 e. The Morgan fingerprint density at radius 3 is 2.87 bits per heavy atom. The Morgan fingerprint density at radius 1 is 1.30 bits per heavy atom. The quantitative estimate of drug-likeness (QED) is 0.785. The molecule has 1 aromatic heterocycles. The number of amides is 1. The van der Waals surface area contributed by atoms with E-state index in [1.165, 1.54) is 0 Å². The summed E-state index contributed by atoms with van der Waals surface area (Å²) in [5.74, 6) is -0.770. The fraction of sp³-hybridized carbons (Fsp3) is 0.733. The van der Waals surface area contributed by atoms with Gasteiger partial charge in [0.2, 0.25) is 5.91 Å². The predicted octanol–water partition coefficient (Wildman–Crippen LogP) is 0.640. The van der Waals surface area contributed by atoms with Crippen molar-refractivity contribution in [2.24, 2.45) is 0 Å². The first-order valence-corrected chi connectivity index (χ1v) is 9.94. The van der Waals surface area contributed by atoms with Gasteiger partial charge in [0.1, 0.15) is 5.75 Å². The van der Waals surface area contributed by atoms with Gasteiger partial charge in [-0.3, -0.25) is 9.48 Å². The zero-order valence-electron chi connectivity index (χ0n) is 13.1. The summed E-state index contributed by atoms with van der Waals surface area (Å²) in [5.41, 5.74) is 0. The molecule has 0 N–H and O–H groups in total. The third-order valence-corrected chi connectivity index (χ3v) is 6.02. The molecule has 0 spiro atoms. The van der Waals surface area contributed by atoms with Gasteiger partial charge < -0.3 is 9.64 Å². The van der Waals surface area contributed by atoms with E-state index in [1.54, 1.807) is 11.1 Å². The van der Waals surface area contributed by atoms with Gasteiger partial charge in [0.05, 0.1) is 17.9 Å². The summed E-state index contributed by atoms with van der Waals surface area (Å²) < 4.78 is 31.6. The van der Waals surface area contributed by atoms with Crippen LogP contribution in [0.25, 0.3) is 0 Å². The Balaban J connectivity index is 1.56. The number of ether oxygens (including phenoxy) is 1. The molecule has 128 valence electrons. The molecule has 2 aliphatic rings. The van der Waals surface area contributed by atoms with Gasteiger partial charge in [-0.15, -0.1) is 0 Å². The summed E-state index contributed by atoms with van der Waals surface area (Å²) in [4.78, 5) is 14.0. The van der Waals surface area contributed by atoms with Crippen LogP contribution in [0.2, 0.25) is 0 Å². The van der Waals surface area contributed by atoms with Crippen molar-refractivity contribution in [3.05, 3.63) is 18.5 Å². The maximum atomic E-state index is 12.4. The van der Waals surface area contributed by atoms with Crippen LogP contribution < -0.4 is 0 Å². The van der Waals surface area contributed by atoms with E-state index >= 15 is 0 Å². The van der Waals surface area contributed by atoms with Gasteiger partial charge in [0.25, 0.3) is 0 Å². The highest BCUT2D eigenvalue weighted by Gasteiger charge is 2.30. The number of carbonyl (C=O) groups is 1. The molecule has 7 nitrogen and oxygen atoms in total. The van der Waals surface area contributed by atoms with Gasteiger partial charge in [-0.2, -0.15) is 5.10 Å². The van der Waals surface area contributed by atoms with Crippen molar-refractivity contribution < 1.29 is 17.9 Å². The average Bonchev–Trinajstić information content (AvgIpc) is 3.19. The second-order valence-corrected chi connectivity index (χ2v) is 8.42. The number of rotatable bonds is 5. The van der Waals surface area contributed by atoms with E-state index < -0.39 is 15.6 Å². The second-order valence-electron chi connectivity index (χ2n) is 6.31. The van der Waals surface area contributed by atoms with Gasteiger partial charge in [0, 0.05) is 32.1 Å². The zero-order chi connectivity index (χ0) is 16.3. The first kappa shape index (κ1) is 16.4. The molecule has 1 amide bonds.